The number of amides is 1. The molecule has 6 heteroatoms. The van der Waals surface area contributed by atoms with Crippen LogP contribution in [0, 0.1) is 5.82 Å². The number of H-pyrrole nitrogens is 1. The van der Waals surface area contributed by atoms with Crippen molar-refractivity contribution in [1.29, 1.82) is 0 Å². The predicted octanol–water partition coefficient (Wildman–Crippen LogP) is 2.51. The van der Waals surface area contributed by atoms with Gasteiger partial charge in [0.2, 0.25) is 0 Å². The molecule has 3 rings (SSSR count). The number of aromatic nitrogens is 2. The molecule has 0 radical (unpaired) electrons. The van der Waals surface area contributed by atoms with E-state index >= 15 is 0 Å². The van der Waals surface area contributed by atoms with E-state index in [1.54, 1.807) is 17.2 Å². The summed E-state index contributed by atoms with van der Waals surface area (Å²) in [6.45, 7) is 1.05. The maximum Gasteiger partial charge on any atom is 0.257 e. The smallest absolute Gasteiger partial charge is 0.257 e. The highest BCUT2D eigenvalue weighted by Gasteiger charge is 2.24. The SMILES string of the molecule is O=C(c1ccc(Br)cc1F)N1CCc2[nH]ncc2C1. The van der Waals surface area contributed by atoms with E-state index < -0.39 is 5.82 Å². The fourth-order valence-corrected chi connectivity index (χ4v) is 2.56. The standard InChI is InChI=1S/C13H11BrFN3O/c14-9-1-2-10(11(15)5-9)13(19)18-4-3-12-8(7-18)6-16-17-12/h1-2,5-6H,3-4,7H2,(H,16,17). The van der Waals surface area contributed by atoms with Crippen molar-refractivity contribution >= 4 is 21.8 Å². The Hall–Kier alpha value is -1.69. The molecule has 0 atom stereocenters. The first-order valence-corrected chi connectivity index (χ1v) is 6.70. The van der Waals surface area contributed by atoms with Gasteiger partial charge in [-0.05, 0) is 18.2 Å². The number of hydrogen-bond donors (Lipinski definition) is 1. The molecule has 2 heterocycles. The second-order valence-corrected chi connectivity index (χ2v) is 5.39. The molecule has 1 amide bonds. The third-order valence-electron chi connectivity index (χ3n) is 3.25. The molecule has 1 N–H and O–H groups in total. The number of nitrogens with zero attached hydrogens (tertiary/aromatic N) is 2. The van der Waals surface area contributed by atoms with Crippen LogP contribution in [0.25, 0.3) is 0 Å². The van der Waals surface area contributed by atoms with Crippen LogP contribution in [0.1, 0.15) is 21.6 Å². The summed E-state index contributed by atoms with van der Waals surface area (Å²) >= 11 is 3.18. The van der Waals surface area contributed by atoms with Crippen molar-refractivity contribution in [3.63, 3.8) is 0 Å². The number of carbonyl (C=O) groups is 1. The molecule has 0 saturated heterocycles. The molecule has 4 nitrogen and oxygen atoms in total. The van der Waals surface area contributed by atoms with Crippen molar-refractivity contribution in [2.45, 2.75) is 13.0 Å². The maximum atomic E-state index is 13.8. The number of fused-ring (bicyclic) bond motifs is 1. The van der Waals surface area contributed by atoms with Gasteiger partial charge in [0, 0.05) is 35.2 Å². The maximum absolute atomic E-state index is 13.8. The zero-order chi connectivity index (χ0) is 13.4. The van der Waals surface area contributed by atoms with E-state index in [-0.39, 0.29) is 11.5 Å². The van der Waals surface area contributed by atoms with Gasteiger partial charge in [-0.15, -0.1) is 0 Å². The molecular formula is C13H11BrFN3O. The summed E-state index contributed by atoms with van der Waals surface area (Å²) in [6, 6.07) is 4.48. The van der Waals surface area contributed by atoms with Gasteiger partial charge in [-0.3, -0.25) is 9.89 Å². The van der Waals surface area contributed by atoms with Gasteiger partial charge in [-0.25, -0.2) is 4.39 Å². The van der Waals surface area contributed by atoms with Crippen molar-refractivity contribution in [1.82, 2.24) is 15.1 Å². The second-order valence-electron chi connectivity index (χ2n) is 4.47. The highest BCUT2D eigenvalue weighted by molar-refractivity contribution is 9.10. The topological polar surface area (TPSA) is 49.0 Å². The highest BCUT2D eigenvalue weighted by Crippen LogP contribution is 2.21. The van der Waals surface area contributed by atoms with Crippen molar-refractivity contribution in [2.24, 2.45) is 0 Å². The lowest BCUT2D eigenvalue weighted by Crippen LogP contribution is -2.36. The van der Waals surface area contributed by atoms with Crippen LogP contribution in [0.3, 0.4) is 0 Å². The lowest BCUT2D eigenvalue weighted by atomic mass is 10.1. The second kappa shape index (κ2) is 4.77. The van der Waals surface area contributed by atoms with Gasteiger partial charge < -0.3 is 4.90 Å². The average molecular weight is 324 g/mol. The minimum absolute atomic E-state index is 0.107. The molecular weight excluding hydrogens is 313 g/mol. The number of rotatable bonds is 1. The predicted molar refractivity (Wildman–Crippen MR) is 71.1 cm³/mol. The molecule has 0 saturated carbocycles. The Kier molecular flexibility index (Phi) is 3.10. The Morgan fingerprint density at radius 2 is 2.32 bits per heavy atom. The first kappa shape index (κ1) is 12.3. The summed E-state index contributed by atoms with van der Waals surface area (Å²) < 4.78 is 14.4. The van der Waals surface area contributed by atoms with Crippen LogP contribution in [-0.2, 0) is 13.0 Å². The molecule has 1 aliphatic heterocycles. The zero-order valence-electron chi connectivity index (χ0n) is 9.99. The van der Waals surface area contributed by atoms with Crippen molar-refractivity contribution in [3.8, 4) is 0 Å². The van der Waals surface area contributed by atoms with Crippen LogP contribution in [0.4, 0.5) is 4.39 Å². The molecule has 0 unspecified atom stereocenters. The van der Waals surface area contributed by atoms with Crippen molar-refractivity contribution in [3.05, 3.63) is 51.5 Å². The Morgan fingerprint density at radius 1 is 1.47 bits per heavy atom. The lowest BCUT2D eigenvalue weighted by Gasteiger charge is -2.26. The van der Waals surface area contributed by atoms with E-state index in [1.807, 2.05) is 0 Å². The van der Waals surface area contributed by atoms with Gasteiger partial charge in [0.05, 0.1) is 11.8 Å². The summed E-state index contributed by atoms with van der Waals surface area (Å²) in [5, 5.41) is 6.86. The largest absolute Gasteiger partial charge is 0.334 e. The molecule has 0 aliphatic carbocycles. The summed E-state index contributed by atoms with van der Waals surface area (Å²) in [5.74, 6) is -0.783. The van der Waals surface area contributed by atoms with E-state index in [0.29, 0.717) is 17.6 Å². The van der Waals surface area contributed by atoms with Gasteiger partial charge >= 0.3 is 0 Å². The number of hydrogen-bond acceptors (Lipinski definition) is 2. The Labute approximate surface area is 117 Å². The molecule has 1 aromatic carbocycles. The highest BCUT2D eigenvalue weighted by atomic mass is 79.9. The Bertz CT molecular complexity index is 641. The average Bonchev–Trinajstić information content (AvgIpc) is 2.85. The molecule has 1 aliphatic rings. The van der Waals surface area contributed by atoms with E-state index in [0.717, 1.165) is 17.7 Å². The summed E-state index contributed by atoms with van der Waals surface area (Å²) in [7, 11) is 0. The Balaban J connectivity index is 1.85. The molecule has 0 bridgehead atoms. The normalized spacial score (nSPS) is 14.3. The monoisotopic (exact) mass is 323 g/mol. The van der Waals surface area contributed by atoms with Crippen molar-refractivity contribution < 1.29 is 9.18 Å². The summed E-state index contributed by atoms with van der Waals surface area (Å²) in [6.07, 6.45) is 2.44. The van der Waals surface area contributed by atoms with E-state index in [2.05, 4.69) is 26.1 Å². The molecule has 2 aromatic rings. The molecule has 0 fully saturated rings. The minimum atomic E-state index is -0.502. The van der Waals surface area contributed by atoms with Crippen LogP contribution in [-0.4, -0.2) is 27.5 Å². The third-order valence-corrected chi connectivity index (χ3v) is 3.74. The van der Waals surface area contributed by atoms with E-state index in [9.17, 15) is 9.18 Å². The first-order valence-electron chi connectivity index (χ1n) is 5.90. The van der Waals surface area contributed by atoms with E-state index in [1.165, 1.54) is 12.1 Å². The molecule has 0 spiro atoms. The van der Waals surface area contributed by atoms with Crippen LogP contribution < -0.4 is 0 Å². The third kappa shape index (κ3) is 2.28. The van der Waals surface area contributed by atoms with Crippen LogP contribution in [0.5, 0.6) is 0 Å². The van der Waals surface area contributed by atoms with Crippen LogP contribution in [0.2, 0.25) is 0 Å². The van der Waals surface area contributed by atoms with Gasteiger partial charge in [0.1, 0.15) is 5.82 Å². The number of halogens is 2. The van der Waals surface area contributed by atoms with Crippen LogP contribution in [0.15, 0.2) is 28.9 Å². The fraction of sp³-hybridized carbons (Fsp3) is 0.231. The molecule has 98 valence electrons. The first-order chi connectivity index (χ1) is 9.15. The van der Waals surface area contributed by atoms with Crippen molar-refractivity contribution in [2.75, 3.05) is 6.54 Å². The summed E-state index contributed by atoms with van der Waals surface area (Å²) in [5.41, 5.74) is 2.16. The molecule has 19 heavy (non-hydrogen) atoms. The Morgan fingerprint density at radius 3 is 3.11 bits per heavy atom. The number of aromatic amines is 1. The number of carbonyl (C=O) groups excluding carboxylic acids is 1. The molecule has 1 aromatic heterocycles. The lowest BCUT2D eigenvalue weighted by molar-refractivity contribution is 0.0729. The zero-order valence-corrected chi connectivity index (χ0v) is 11.6. The van der Waals surface area contributed by atoms with Gasteiger partial charge in [-0.2, -0.15) is 5.10 Å². The quantitative estimate of drug-likeness (QED) is 0.876. The van der Waals surface area contributed by atoms with Gasteiger partial charge in [0.15, 0.2) is 0 Å². The minimum Gasteiger partial charge on any atom is -0.334 e. The number of benzene rings is 1. The van der Waals surface area contributed by atoms with E-state index in [4.69, 9.17) is 0 Å². The fourth-order valence-electron chi connectivity index (χ4n) is 2.23. The van der Waals surface area contributed by atoms with Crippen LogP contribution >= 0.6 is 15.9 Å². The summed E-state index contributed by atoms with van der Waals surface area (Å²) in [4.78, 5) is 13.9. The van der Waals surface area contributed by atoms with Gasteiger partial charge in [0.25, 0.3) is 5.91 Å². The number of nitrogens with one attached hydrogen (secondary N) is 1. The van der Waals surface area contributed by atoms with Gasteiger partial charge in [-0.1, -0.05) is 15.9 Å².